The number of carbonyl (C=O) groups is 1. The Labute approximate surface area is 187 Å². The second-order valence-corrected chi connectivity index (χ2v) is 8.29. The van der Waals surface area contributed by atoms with Gasteiger partial charge in [-0.25, -0.2) is 0 Å². The molecule has 10 heteroatoms. The quantitative estimate of drug-likeness (QED) is 0.468. The monoisotopic (exact) mass is 470 g/mol. The van der Waals surface area contributed by atoms with Crippen molar-refractivity contribution in [2.24, 2.45) is 7.05 Å². The highest BCUT2D eigenvalue weighted by Gasteiger charge is 2.13. The van der Waals surface area contributed by atoms with Crippen LogP contribution in [-0.2, 0) is 18.4 Å². The number of benzene rings is 2. The molecule has 0 aliphatic rings. The van der Waals surface area contributed by atoms with Gasteiger partial charge in [0, 0.05) is 17.8 Å². The van der Waals surface area contributed by atoms with E-state index in [1.54, 1.807) is 34.9 Å². The molecular formula is C19H17Cl3N4O2S. The Morgan fingerprint density at radius 3 is 2.59 bits per heavy atom. The predicted octanol–water partition coefficient (Wildman–Crippen LogP) is 5.39. The van der Waals surface area contributed by atoms with Crippen molar-refractivity contribution in [3.63, 3.8) is 0 Å². The van der Waals surface area contributed by atoms with Crippen LogP contribution in [0.25, 0.3) is 0 Å². The lowest BCUT2D eigenvalue weighted by molar-refractivity contribution is -0.113. The number of hydrogen-bond acceptors (Lipinski definition) is 5. The summed E-state index contributed by atoms with van der Waals surface area (Å²) in [5.74, 6) is 1.32. The number of anilines is 1. The first kappa shape index (κ1) is 21.8. The Bertz CT molecular complexity index is 1040. The average Bonchev–Trinajstić information content (AvgIpc) is 3.04. The number of halogens is 3. The Kier molecular flexibility index (Phi) is 7.29. The summed E-state index contributed by atoms with van der Waals surface area (Å²) in [6.45, 7) is 2.16. The molecule has 3 aromatic rings. The van der Waals surface area contributed by atoms with E-state index in [1.807, 2.05) is 20.0 Å². The number of aromatic nitrogens is 3. The van der Waals surface area contributed by atoms with Crippen LogP contribution >= 0.6 is 46.6 Å². The van der Waals surface area contributed by atoms with Gasteiger partial charge in [-0.3, -0.25) is 4.79 Å². The van der Waals surface area contributed by atoms with Gasteiger partial charge in [0.15, 0.2) is 11.0 Å². The fraction of sp³-hybridized carbons (Fsp3) is 0.211. The third kappa shape index (κ3) is 5.79. The first-order chi connectivity index (χ1) is 13.8. The summed E-state index contributed by atoms with van der Waals surface area (Å²) in [4.78, 5) is 12.2. The second-order valence-electron chi connectivity index (χ2n) is 6.12. The molecule has 1 N–H and O–H groups in total. The van der Waals surface area contributed by atoms with E-state index in [0.29, 0.717) is 37.5 Å². The second kappa shape index (κ2) is 9.71. The van der Waals surface area contributed by atoms with E-state index < -0.39 is 0 Å². The van der Waals surface area contributed by atoms with E-state index in [9.17, 15) is 4.79 Å². The largest absolute Gasteiger partial charge is 0.486 e. The van der Waals surface area contributed by atoms with Crippen LogP contribution in [-0.4, -0.2) is 26.4 Å². The van der Waals surface area contributed by atoms with E-state index in [0.717, 1.165) is 5.56 Å². The van der Waals surface area contributed by atoms with Gasteiger partial charge in [-0.1, -0.05) is 46.6 Å². The molecule has 0 aliphatic carbocycles. The van der Waals surface area contributed by atoms with Gasteiger partial charge >= 0.3 is 0 Å². The highest BCUT2D eigenvalue weighted by molar-refractivity contribution is 7.99. The minimum Gasteiger partial charge on any atom is -0.486 e. The van der Waals surface area contributed by atoms with Crippen LogP contribution in [0.5, 0.6) is 5.75 Å². The third-order valence-corrected chi connectivity index (χ3v) is 6.14. The molecule has 2 aromatic carbocycles. The number of ether oxygens (including phenoxy) is 1. The first-order valence-corrected chi connectivity index (χ1v) is 10.6. The number of rotatable bonds is 7. The van der Waals surface area contributed by atoms with Crippen molar-refractivity contribution >= 4 is 58.2 Å². The van der Waals surface area contributed by atoms with Crippen molar-refractivity contribution < 1.29 is 9.53 Å². The number of thioether (sulfide) groups is 1. The molecule has 0 bridgehead atoms. The average molecular weight is 472 g/mol. The number of hydrogen-bond donors (Lipinski definition) is 1. The molecule has 1 heterocycles. The number of carbonyl (C=O) groups excluding carboxylic acids is 1. The van der Waals surface area contributed by atoms with Crippen molar-refractivity contribution in [3.05, 3.63) is 62.9 Å². The molecule has 6 nitrogen and oxygen atoms in total. The molecule has 0 atom stereocenters. The third-order valence-electron chi connectivity index (χ3n) is 3.96. The fourth-order valence-corrected chi connectivity index (χ4v) is 3.50. The summed E-state index contributed by atoms with van der Waals surface area (Å²) in [5.41, 5.74) is 1.52. The number of nitrogens with zero attached hydrogens (tertiary/aromatic N) is 3. The SMILES string of the molecule is Cc1cc(OCc2nnc(SCC(=O)Nc3ccc(Cl)c(Cl)c3)n2C)ccc1Cl. The van der Waals surface area contributed by atoms with Gasteiger partial charge in [0.25, 0.3) is 0 Å². The van der Waals surface area contributed by atoms with Crippen LogP contribution in [0.3, 0.4) is 0 Å². The van der Waals surface area contributed by atoms with Crippen molar-refractivity contribution in [2.45, 2.75) is 18.7 Å². The van der Waals surface area contributed by atoms with Gasteiger partial charge in [0.2, 0.25) is 5.91 Å². The van der Waals surface area contributed by atoms with Gasteiger partial charge in [-0.2, -0.15) is 0 Å². The van der Waals surface area contributed by atoms with E-state index in [2.05, 4.69) is 15.5 Å². The maximum Gasteiger partial charge on any atom is 0.234 e. The van der Waals surface area contributed by atoms with Crippen LogP contribution in [0.15, 0.2) is 41.6 Å². The van der Waals surface area contributed by atoms with Crippen LogP contribution in [0.4, 0.5) is 5.69 Å². The topological polar surface area (TPSA) is 69.0 Å². The molecule has 1 amide bonds. The maximum atomic E-state index is 12.2. The molecule has 152 valence electrons. The van der Waals surface area contributed by atoms with Crippen LogP contribution in [0.1, 0.15) is 11.4 Å². The molecule has 0 saturated carbocycles. The van der Waals surface area contributed by atoms with Crippen LogP contribution in [0, 0.1) is 6.92 Å². The van der Waals surface area contributed by atoms with Crippen molar-refractivity contribution in [1.82, 2.24) is 14.8 Å². The number of aryl methyl sites for hydroxylation is 1. The summed E-state index contributed by atoms with van der Waals surface area (Å²) < 4.78 is 7.55. The Hall–Kier alpha value is -1.93. The fourth-order valence-electron chi connectivity index (χ4n) is 2.35. The highest BCUT2D eigenvalue weighted by Crippen LogP contribution is 2.25. The minimum absolute atomic E-state index is 0.170. The van der Waals surface area contributed by atoms with E-state index >= 15 is 0 Å². The van der Waals surface area contributed by atoms with Crippen LogP contribution < -0.4 is 10.1 Å². The lowest BCUT2D eigenvalue weighted by Crippen LogP contribution is -2.14. The molecule has 0 aliphatic heterocycles. The molecule has 0 radical (unpaired) electrons. The van der Waals surface area contributed by atoms with Gasteiger partial charge < -0.3 is 14.6 Å². The lowest BCUT2D eigenvalue weighted by atomic mass is 10.2. The zero-order chi connectivity index (χ0) is 21.0. The molecule has 29 heavy (non-hydrogen) atoms. The zero-order valence-corrected chi connectivity index (χ0v) is 18.7. The Balaban J connectivity index is 1.54. The van der Waals surface area contributed by atoms with Gasteiger partial charge in [-0.15, -0.1) is 10.2 Å². The predicted molar refractivity (Wildman–Crippen MR) is 117 cm³/mol. The summed E-state index contributed by atoms with van der Waals surface area (Å²) >= 11 is 19.1. The Morgan fingerprint density at radius 2 is 1.86 bits per heavy atom. The number of amides is 1. The Morgan fingerprint density at radius 1 is 1.10 bits per heavy atom. The molecule has 0 spiro atoms. The van der Waals surface area contributed by atoms with E-state index in [1.165, 1.54) is 11.8 Å². The number of nitrogens with one attached hydrogen (secondary N) is 1. The van der Waals surface area contributed by atoms with E-state index in [4.69, 9.17) is 39.5 Å². The van der Waals surface area contributed by atoms with Crippen molar-refractivity contribution in [2.75, 3.05) is 11.1 Å². The molecule has 1 aromatic heterocycles. The summed E-state index contributed by atoms with van der Waals surface area (Å²) in [6.07, 6.45) is 0. The standard InChI is InChI=1S/C19H17Cl3N4O2S/c1-11-7-13(4-6-14(11)20)28-9-17-24-25-19(26(17)2)29-10-18(27)23-12-3-5-15(21)16(22)8-12/h3-8H,9-10H2,1-2H3,(H,23,27). The summed E-state index contributed by atoms with van der Waals surface area (Å²) in [6, 6.07) is 10.4. The molecule has 0 fully saturated rings. The van der Waals surface area contributed by atoms with E-state index in [-0.39, 0.29) is 18.3 Å². The normalized spacial score (nSPS) is 10.8. The molecule has 3 rings (SSSR count). The lowest BCUT2D eigenvalue weighted by Gasteiger charge is -2.08. The highest BCUT2D eigenvalue weighted by atomic mass is 35.5. The maximum absolute atomic E-state index is 12.2. The first-order valence-electron chi connectivity index (χ1n) is 8.48. The van der Waals surface area contributed by atoms with Gasteiger partial charge in [-0.05, 0) is 48.9 Å². The van der Waals surface area contributed by atoms with Gasteiger partial charge in [0.1, 0.15) is 12.4 Å². The zero-order valence-electron chi connectivity index (χ0n) is 15.6. The van der Waals surface area contributed by atoms with Crippen molar-refractivity contribution in [3.8, 4) is 5.75 Å². The molecular weight excluding hydrogens is 455 g/mol. The molecule has 0 unspecified atom stereocenters. The molecule has 0 saturated heterocycles. The van der Waals surface area contributed by atoms with Crippen molar-refractivity contribution in [1.29, 1.82) is 0 Å². The minimum atomic E-state index is -0.189. The van der Waals surface area contributed by atoms with Crippen LogP contribution in [0.2, 0.25) is 15.1 Å². The summed E-state index contributed by atoms with van der Waals surface area (Å²) in [5, 5.41) is 13.1. The van der Waals surface area contributed by atoms with Gasteiger partial charge in [0.05, 0.1) is 15.8 Å². The smallest absolute Gasteiger partial charge is 0.234 e. The summed E-state index contributed by atoms with van der Waals surface area (Å²) in [7, 11) is 1.82.